The van der Waals surface area contributed by atoms with Crippen LogP contribution in [0.5, 0.6) is 0 Å². The summed E-state index contributed by atoms with van der Waals surface area (Å²) >= 11 is 1.95. The van der Waals surface area contributed by atoms with Crippen LogP contribution in [0.15, 0.2) is 47.6 Å². The monoisotopic (exact) mass is 271 g/mol. The van der Waals surface area contributed by atoms with Crippen LogP contribution in [-0.2, 0) is 13.0 Å². The van der Waals surface area contributed by atoms with E-state index in [0.717, 1.165) is 18.5 Å². The van der Waals surface area contributed by atoms with E-state index in [2.05, 4.69) is 28.8 Å². The molecule has 3 rings (SSSR count). The number of benzene rings is 1. The van der Waals surface area contributed by atoms with Gasteiger partial charge in [0.25, 0.3) is 0 Å². The summed E-state index contributed by atoms with van der Waals surface area (Å²) in [4.78, 5) is 13.0. The topological polar surface area (TPSA) is 22.0 Å². The first-order valence-corrected chi connectivity index (χ1v) is 7.57. The van der Waals surface area contributed by atoms with Gasteiger partial charge in [0.2, 0.25) is 0 Å². The Morgan fingerprint density at radius 3 is 3.00 bits per heavy atom. The van der Waals surface area contributed by atoms with Crippen molar-refractivity contribution in [3.8, 4) is 0 Å². The van der Waals surface area contributed by atoms with Gasteiger partial charge in [-0.25, -0.2) is 0 Å². The summed E-state index contributed by atoms with van der Waals surface area (Å²) in [6.07, 6.45) is 5.70. The molecule has 1 unspecified atom stereocenters. The first-order valence-electron chi connectivity index (χ1n) is 6.70. The van der Waals surface area contributed by atoms with Crippen LogP contribution < -0.4 is 0 Å². The zero-order valence-electron chi connectivity index (χ0n) is 11.0. The molecule has 0 saturated heterocycles. The Kier molecular flexibility index (Phi) is 3.47. The van der Waals surface area contributed by atoms with Crippen molar-refractivity contribution in [3.63, 3.8) is 0 Å². The Morgan fingerprint density at radius 1 is 1.37 bits per heavy atom. The van der Waals surface area contributed by atoms with Crippen LogP contribution in [0.2, 0.25) is 0 Å². The fraction of sp³-hybridized carbons (Fsp3) is 0.312. The van der Waals surface area contributed by atoms with Gasteiger partial charge in [0.15, 0.2) is 5.78 Å². The normalized spacial score (nSPS) is 17.4. The molecule has 98 valence electrons. The van der Waals surface area contributed by atoms with Crippen molar-refractivity contribution >= 4 is 17.5 Å². The fourth-order valence-electron chi connectivity index (χ4n) is 2.51. The molecule has 0 radical (unpaired) electrons. The number of rotatable bonds is 4. The van der Waals surface area contributed by atoms with Crippen LogP contribution in [-0.4, -0.2) is 15.6 Å². The third kappa shape index (κ3) is 2.61. The Labute approximate surface area is 117 Å². The zero-order valence-corrected chi connectivity index (χ0v) is 11.8. The van der Waals surface area contributed by atoms with E-state index >= 15 is 0 Å². The molecule has 0 bridgehead atoms. The highest BCUT2D eigenvalue weighted by molar-refractivity contribution is 8.00. The van der Waals surface area contributed by atoms with E-state index in [-0.39, 0.29) is 5.78 Å². The second-order valence-corrected chi connectivity index (χ2v) is 6.27. The second kappa shape index (κ2) is 5.25. The second-order valence-electron chi connectivity index (χ2n) is 4.93. The predicted octanol–water partition coefficient (Wildman–Crippen LogP) is 3.80. The summed E-state index contributed by atoms with van der Waals surface area (Å²) in [7, 11) is 0. The van der Waals surface area contributed by atoms with Crippen LogP contribution in [0.3, 0.4) is 0 Å². The van der Waals surface area contributed by atoms with Crippen molar-refractivity contribution in [2.24, 2.45) is 0 Å². The van der Waals surface area contributed by atoms with Gasteiger partial charge in [-0.2, -0.15) is 0 Å². The average Bonchev–Trinajstić information content (AvgIpc) is 3.04. The highest BCUT2D eigenvalue weighted by Gasteiger charge is 2.22. The minimum atomic E-state index is 0.223. The van der Waals surface area contributed by atoms with Gasteiger partial charge in [0.05, 0.1) is 0 Å². The quantitative estimate of drug-likeness (QED) is 0.789. The molecule has 2 aromatic rings. The number of thioether (sulfide) groups is 1. The number of nitrogens with zero attached hydrogens (tertiary/aromatic N) is 1. The van der Waals surface area contributed by atoms with E-state index in [0.29, 0.717) is 11.7 Å². The van der Waals surface area contributed by atoms with Crippen molar-refractivity contribution < 1.29 is 4.79 Å². The third-order valence-electron chi connectivity index (χ3n) is 3.52. The number of hydrogen-bond acceptors (Lipinski definition) is 2. The Bertz CT molecular complexity index is 577. The molecule has 0 spiro atoms. The van der Waals surface area contributed by atoms with Gasteiger partial charge in [0, 0.05) is 41.1 Å². The summed E-state index contributed by atoms with van der Waals surface area (Å²) < 4.78 is 2.15. The molecule has 2 heterocycles. The van der Waals surface area contributed by atoms with Crippen LogP contribution >= 0.6 is 11.8 Å². The lowest BCUT2D eigenvalue weighted by Gasteiger charge is -2.09. The molecule has 1 aromatic heterocycles. The van der Waals surface area contributed by atoms with Crippen LogP contribution in [0.25, 0.3) is 0 Å². The number of ketones is 1. The smallest absolute Gasteiger partial charge is 0.164 e. The Balaban J connectivity index is 1.68. The molecule has 3 heteroatoms. The number of carbonyl (C=O) groups is 1. The lowest BCUT2D eigenvalue weighted by Crippen LogP contribution is -2.10. The van der Waals surface area contributed by atoms with Crippen LogP contribution in [0, 0.1) is 0 Å². The number of fused-ring (bicyclic) bond motifs is 1. The molecule has 1 aliphatic rings. The molecule has 0 N–H and O–H groups in total. The maximum atomic E-state index is 11.6. The summed E-state index contributed by atoms with van der Waals surface area (Å²) in [5.41, 5.74) is 2.29. The van der Waals surface area contributed by atoms with Crippen molar-refractivity contribution in [3.05, 3.63) is 53.9 Å². The summed E-state index contributed by atoms with van der Waals surface area (Å²) in [6.45, 7) is 2.87. The predicted molar refractivity (Wildman–Crippen MR) is 78.8 cm³/mol. The summed E-state index contributed by atoms with van der Waals surface area (Å²) in [5, 5.41) is 0.578. The molecule has 2 nitrogen and oxygen atoms in total. The highest BCUT2D eigenvalue weighted by Crippen LogP contribution is 2.37. The Morgan fingerprint density at radius 2 is 2.21 bits per heavy atom. The molecule has 1 aromatic carbocycles. The molecule has 0 aliphatic carbocycles. The zero-order chi connectivity index (χ0) is 13.2. The lowest BCUT2D eigenvalue weighted by molar-refractivity contribution is 0.0988. The highest BCUT2D eigenvalue weighted by atomic mass is 32.2. The lowest BCUT2D eigenvalue weighted by atomic mass is 10.1. The molecular weight excluding hydrogens is 254 g/mol. The first kappa shape index (κ1) is 12.5. The largest absolute Gasteiger partial charge is 0.352 e. The SMILES string of the molecule is CCC(=O)c1ccn(CC2Cc3ccccc3S2)c1. The average molecular weight is 271 g/mol. The van der Waals surface area contributed by atoms with Crippen LogP contribution in [0.4, 0.5) is 0 Å². The van der Waals surface area contributed by atoms with Gasteiger partial charge >= 0.3 is 0 Å². The van der Waals surface area contributed by atoms with E-state index in [9.17, 15) is 4.79 Å². The third-order valence-corrected chi connectivity index (χ3v) is 4.82. The number of Topliss-reactive ketones (excluding diaryl/α,β-unsaturated/α-hetero) is 1. The molecule has 19 heavy (non-hydrogen) atoms. The maximum Gasteiger partial charge on any atom is 0.164 e. The first-order chi connectivity index (χ1) is 9.26. The minimum Gasteiger partial charge on any atom is -0.352 e. The number of carbonyl (C=O) groups excluding carboxylic acids is 1. The Hall–Kier alpha value is -1.48. The van der Waals surface area contributed by atoms with Crippen LogP contribution in [0.1, 0.15) is 29.3 Å². The van der Waals surface area contributed by atoms with Crippen molar-refractivity contribution in [1.82, 2.24) is 4.57 Å². The van der Waals surface area contributed by atoms with Gasteiger partial charge in [-0.1, -0.05) is 25.1 Å². The van der Waals surface area contributed by atoms with E-state index in [1.54, 1.807) is 0 Å². The number of hydrogen-bond donors (Lipinski definition) is 0. The van der Waals surface area contributed by atoms with Gasteiger partial charge in [-0.05, 0) is 24.1 Å². The molecule has 1 aliphatic heterocycles. The summed E-state index contributed by atoms with van der Waals surface area (Å²) in [6, 6.07) is 10.5. The maximum absolute atomic E-state index is 11.6. The standard InChI is InChI=1S/C16H17NOS/c1-2-15(18)13-7-8-17(10-13)11-14-9-12-5-3-4-6-16(12)19-14/h3-8,10,14H,2,9,11H2,1H3. The molecule has 0 saturated carbocycles. The van der Waals surface area contributed by atoms with Crippen molar-refractivity contribution in [1.29, 1.82) is 0 Å². The van der Waals surface area contributed by atoms with Gasteiger partial charge < -0.3 is 4.57 Å². The van der Waals surface area contributed by atoms with Gasteiger partial charge in [-0.15, -0.1) is 11.8 Å². The van der Waals surface area contributed by atoms with Crippen molar-refractivity contribution in [2.75, 3.05) is 0 Å². The molecule has 1 atom stereocenters. The summed E-state index contributed by atoms with van der Waals surface area (Å²) in [5.74, 6) is 0.223. The fourth-order valence-corrected chi connectivity index (χ4v) is 3.84. The number of aromatic nitrogens is 1. The van der Waals surface area contributed by atoms with Crippen molar-refractivity contribution in [2.45, 2.75) is 36.5 Å². The van der Waals surface area contributed by atoms with Gasteiger partial charge in [-0.3, -0.25) is 4.79 Å². The molecular formula is C16H17NOS. The van der Waals surface area contributed by atoms with E-state index in [1.165, 1.54) is 10.5 Å². The molecule has 0 fully saturated rings. The molecule has 0 amide bonds. The minimum absolute atomic E-state index is 0.223. The van der Waals surface area contributed by atoms with E-state index in [4.69, 9.17) is 0 Å². The van der Waals surface area contributed by atoms with E-state index in [1.807, 2.05) is 37.1 Å². The van der Waals surface area contributed by atoms with Gasteiger partial charge in [0.1, 0.15) is 0 Å². The van der Waals surface area contributed by atoms with E-state index < -0.39 is 0 Å².